The molecule has 0 aliphatic rings. The van der Waals surface area contributed by atoms with E-state index in [9.17, 15) is 8.78 Å². The van der Waals surface area contributed by atoms with Gasteiger partial charge in [0.25, 0.3) is 0 Å². The molecule has 2 aromatic rings. The van der Waals surface area contributed by atoms with Gasteiger partial charge in [-0.2, -0.15) is 8.78 Å². The molecule has 1 aromatic heterocycles. The predicted octanol–water partition coefficient (Wildman–Crippen LogP) is 3.72. The average molecular weight is 282 g/mol. The van der Waals surface area contributed by atoms with Crippen molar-refractivity contribution in [3.8, 4) is 17.0 Å². The summed E-state index contributed by atoms with van der Waals surface area (Å²) in [7, 11) is 0. The van der Waals surface area contributed by atoms with E-state index in [-0.39, 0.29) is 11.6 Å². The minimum atomic E-state index is -2.86. The number of anilines is 1. The Morgan fingerprint density at radius 2 is 2.10 bits per heavy atom. The first-order valence-electron chi connectivity index (χ1n) is 6.26. The molecule has 0 atom stereocenters. The molecule has 0 fully saturated rings. The highest BCUT2D eigenvalue weighted by molar-refractivity contribution is 5.68. The van der Waals surface area contributed by atoms with Gasteiger partial charge in [0, 0.05) is 11.1 Å². The van der Waals surface area contributed by atoms with Gasteiger partial charge in [0.1, 0.15) is 11.4 Å². The van der Waals surface area contributed by atoms with Crippen LogP contribution in [-0.2, 0) is 6.42 Å². The quantitative estimate of drug-likeness (QED) is 0.907. The van der Waals surface area contributed by atoms with Crippen LogP contribution < -0.4 is 10.5 Å². The molecule has 0 amide bonds. The van der Waals surface area contributed by atoms with E-state index < -0.39 is 6.61 Å². The summed E-state index contributed by atoms with van der Waals surface area (Å²) in [5.74, 6) is 0.708. The van der Waals surface area contributed by atoms with Crippen LogP contribution in [0.1, 0.15) is 19.4 Å². The Hall–Kier alpha value is -2.11. The normalized spacial score (nSPS) is 11.3. The lowest BCUT2D eigenvalue weighted by Gasteiger charge is -2.07. The van der Waals surface area contributed by atoms with Crippen LogP contribution in [0.3, 0.4) is 0 Å². The molecule has 0 spiro atoms. The smallest absolute Gasteiger partial charge is 0.387 e. The number of ether oxygens (including phenoxy) is 1. The minimum absolute atomic E-state index is 0.0783. The van der Waals surface area contributed by atoms with E-state index >= 15 is 0 Å². The van der Waals surface area contributed by atoms with Gasteiger partial charge in [0.05, 0.1) is 0 Å². The molecular formula is C14H16F2N2O2. The van der Waals surface area contributed by atoms with Crippen molar-refractivity contribution in [2.24, 2.45) is 5.92 Å². The summed E-state index contributed by atoms with van der Waals surface area (Å²) in [4.78, 5) is 0. The van der Waals surface area contributed by atoms with Crippen LogP contribution in [0.15, 0.2) is 28.8 Å². The number of halogens is 2. The number of benzene rings is 1. The molecule has 1 heterocycles. The van der Waals surface area contributed by atoms with Gasteiger partial charge in [-0.05, 0) is 24.5 Å². The van der Waals surface area contributed by atoms with Crippen LogP contribution in [0.25, 0.3) is 11.3 Å². The standard InChI is InChI=1S/C14H16F2N2O2/c1-8(2)6-11-12(18-20-13(11)17)9-4-3-5-10(7-9)19-14(15)16/h3-5,7-8,14H,6,17H2,1-2H3. The number of hydrogen-bond acceptors (Lipinski definition) is 4. The van der Waals surface area contributed by atoms with Crippen molar-refractivity contribution >= 4 is 5.88 Å². The fourth-order valence-electron chi connectivity index (χ4n) is 1.97. The monoisotopic (exact) mass is 282 g/mol. The third kappa shape index (κ3) is 3.26. The van der Waals surface area contributed by atoms with E-state index in [1.807, 2.05) is 13.8 Å². The zero-order valence-corrected chi connectivity index (χ0v) is 11.3. The Kier molecular flexibility index (Phi) is 4.22. The summed E-state index contributed by atoms with van der Waals surface area (Å²) in [6.45, 7) is 1.24. The first-order valence-corrected chi connectivity index (χ1v) is 6.26. The van der Waals surface area contributed by atoms with Crippen LogP contribution >= 0.6 is 0 Å². The van der Waals surface area contributed by atoms with Crippen LogP contribution in [0, 0.1) is 5.92 Å². The third-order valence-electron chi connectivity index (χ3n) is 2.76. The number of nitrogens with zero attached hydrogens (tertiary/aromatic N) is 1. The molecule has 4 nitrogen and oxygen atoms in total. The molecule has 0 radical (unpaired) electrons. The van der Waals surface area contributed by atoms with Gasteiger partial charge >= 0.3 is 6.61 Å². The van der Waals surface area contributed by atoms with Crippen molar-refractivity contribution in [2.45, 2.75) is 26.9 Å². The van der Waals surface area contributed by atoms with Gasteiger partial charge in [-0.1, -0.05) is 31.1 Å². The summed E-state index contributed by atoms with van der Waals surface area (Å²) in [5, 5.41) is 3.92. The van der Waals surface area contributed by atoms with E-state index in [0.29, 0.717) is 23.6 Å². The molecule has 2 N–H and O–H groups in total. The summed E-state index contributed by atoms with van der Waals surface area (Å²) in [6, 6.07) is 6.32. The molecule has 108 valence electrons. The van der Waals surface area contributed by atoms with E-state index in [1.165, 1.54) is 12.1 Å². The van der Waals surface area contributed by atoms with Gasteiger partial charge in [-0.15, -0.1) is 0 Å². The number of nitrogens with two attached hydrogens (primary N) is 1. The van der Waals surface area contributed by atoms with Gasteiger partial charge < -0.3 is 15.0 Å². The molecule has 20 heavy (non-hydrogen) atoms. The van der Waals surface area contributed by atoms with Crippen LogP contribution in [0.2, 0.25) is 0 Å². The SMILES string of the molecule is CC(C)Cc1c(-c2cccc(OC(F)F)c2)noc1N. The molecule has 0 bridgehead atoms. The Morgan fingerprint density at radius 3 is 2.75 bits per heavy atom. The third-order valence-corrected chi connectivity index (χ3v) is 2.76. The second-order valence-corrected chi connectivity index (χ2v) is 4.88. The fraction of sp³-hybridized carbons (Fsp3) is 0.357. The summed E-state index contributed by atoms with van der Waals surface area (Å²) >= 11 is 0. The maximum Gasteiger partial charge on any atom is 0.387 e. The zero-order chi connectivity index (χ0) is 14.7. The van der Waals surface area contributed by atoms with Crippen molar-refractivity contribution in [2.75, 3.05) is 5.73 Å². The number of rotatable bonds is 5. The molecule has 6 heteroatoms. The van der Waals surface area contributed by atoms with Gasteiger partial charge in [-0.3, -0.25) is 0 Å². The predicted molar refractivity (Wildman–Crippen MR) is 71.5 cm³/mol. The summed E-state index contributed by atoms with van der Waals surface area (Å²) in [5.41, 5.74) is 7.76. The summed E-state index contributed by atoms with van der Waals surface area (Å²) < 4.78 is 33.9. The van der Waals surface area contributed by atoms with E-state index in [4.69, 9.17) is 10.3 Å². The lowest BCUT2D eigenvalue weighted by molar-refractivity contribution is -0.0498. The first-order chi connectivity index (χ1) is 9.47. The molecule has 1 aromatic carbocycles. The number of nitrogen functional groups attached to an aromatic ring is 1. The largest absolute Gasteiger partial charge is 0.435 e. The Balaban J connectivity index is 2.36. The highest BCUT2D eigenvalue weighted by Gasteiger charge is 2.17. The van der Waals surface area contributed by atoms with Crippen LogP contribution in [-0.4, -0.2) is 11.8 Å². The first kappa shape index (κ1) is 14.3. The number of aromatic nitrogens is 1. The average Bonchev–Trinajstić information content (AvgIpc) is 2.70. The molecule has 0 saturated carbocycles. The van der Waals surface area contributed by atoms with Crippen molar-refractivity contribution < 1.29 is 18.0 Å². The van der Waals surface area contributed by atoms with Crippen molar-refractivity contribution in [3.63, 3.8) is 0 Å². The number of hydrogen-bond donors (Lipinski definition) is 1. The molecule has 0 aliphatic carbocycles. The molecule has 0 saturated heterocycles. The lowest BCUT2D eigenvalue weighted by atomic mass is 9.99. The van der Waals surface area contributed by atoms with E-state index in [1.54, 1.807) is 12.1 Å². The Bertz CT molecular complexity index is 582. The lowest BCUT2D eigenvalue weighted by Crippen LogP contribution is -2.02. The fourth-order valence-corrected chi connectivity index (χ4v) is 1.97. The van der Waals surface area contributed by atoms with Crippen LogP contribution in [0.5, 0.6) is 5.75 Å². The van der Waals surface area contributed by atoms with E-state index in [2.05, 4.69) is 9.89 Å². The molecule has 0 aliphatic heterocycles. The number of alkyl halides is 2. The molecule has 2 rings (SSSR count). The Labute approximate surface area is 115 Å². The maximum absolute atomic E-state index is 12.2. The molecule has 0 unspecified atom stereocenters. The second-order valence-electron chi connectivity index (χ2n) is 4.88. The van der Waals surface area contributed by atoms with Gasteiger partial charge in [-0.25, -0.2) is 0 Å². The Morgan fingerprint density at radius 1 is 1.35 bits per heavy atom. The van der Waals surface area contributed by atoms with Gasteiger partial charge in [0.15, 0.2) is 0 Å². The topological polar surface area (TPSA) is 61.3 Å². The van der Waals surface area contributed by atoms with Crippen molar-refractivity contribution in [3.05, 3.63) is 29.8 Å². The minimum Gasteiger partial charge on any atom is -0.435 e. The van der Waals surface area contributed by atoms with Crippen molar-refractivity contribution in [1.82, 2.24) is 5.16 Å². The highest BCUT2D eigenvalue weighted by Crippen LogP contribution is 2.31. The van der Waals surface area contributed by atoms with Crippen LogP contribution in [0.4, 0.5) is 14.7 Å². The van der Waals surface area contributed by atoms with Crippen molar-refractivity contribution in [1.29, 1.82) is 0 Å². The second kappa shape index (κ2) is 5.90. The zero-order valence-electron chi connectivity index (χ0n) is 11.3. The van der Waals surface area contributed by atoms with E-state index in [0.717, 1.165) is 5.56 Å². The summed E-state index contributed by atoms with van der Waals surface area (Å²) in [6.07, 6.45) is 0.699. The molecular weight excluding hydrogens is 266 g/mol. The maximum atomic E-state index is 12.2. The highest BCUT2D eigenvalue weighted by atomic mass is 19.3. The van der Waals surface area contributed by atoms with Gasteiger partial charge in [0.2, 0.25) is 5.88 Å².